The zero-order valence-electron chi connectivity index (χ0n) is 10.1. The van der Waals surface area contributed by atoms with Crippen molar-refractivity contribution in [2.45, 2.75) is 6.92 Å². The van der Waals surface area contributed by atoms with Gasteiger partial charge in [-0.1, -0.05) is 0 Å². The first-order valence-corrected chi connectivity index (χ1v) is 5.19. The summed E-state index contributed by atoms with van der Waals surface area (Å²) >= 11 is 0. The minimum Gasteiger partial charge on any atom is -0.496 e. The molecule has 1 heterocycles. The SMILES string of the molecule is COc1cc(C)cc(OC)c1-c1cc(N)n[nH]1. The van der Waals surface area contributed by atoms with E-state index in [0.717, 1.165) is 28.3 Å². The molecule has 17 heavy (non-hydrogen) atoms. The van der Waals surface area contributed by atoms with Crippen molar-refractivity contribution in [2.75, 3.05) is 20.0 Å². The molecule has 5 heteroatoms. The molecule has 0 fully saturated rings. The molecule has 0 saturated heterocycles. The maximum Gasteiger partial charge on any atom is 0.145 e. The molecule has 90 valence electrons. The molecule has 0 spiro atoms. The Labute approximate surface area is 99.5 Å². The van der Waals surface area contributed by atoms with Gasteiger partial charge in [0.1, 0.15) is 17.3 Å². The summed E-state index contributed by atoms with van der Waals surface area (Å²) in [4.78, 5) is 0. The Kier molecular flexibility index (Phi) is 2.91. The molecule has 0 amide bonds. The summed E-state index contributed by atoms with van der Waals surface area (Å²) in [5, 5.41) is 6.76. The second-order valence-electron chi connectivity index (χ2n) is 3.75. The van der Waals surface area contributed by atoms with Crippen LogP contribution in [-0.2, 0) is 0 Å². The van der Waals surface area contributed by atoms with E-state index in [-0.39, 0.29) is 0 Å². The molecule has 0 unspecified atom stereocenters. The van der Waals surface area contributed by atoms with E-state index in [1.165, 1.54) is 0 Å². The maximum atomic E-state index is 5.60. The molecule has 0 bridgehead atoms. The first-order chi connectivity index (χ1) is 8.15. The molecular weight excluding hydrogens is 218 g/mol. The summed E-state index contributed by atoms with van der Waals surface area (Å²) in [6, 6.07) is 5.62. The van der Waals surface area contributed by atoms with Crippen LogP contribution in [-0.4, -0.2) is 24.4 Å². The smallest absolute Gasteiger partial charge is 0.145 e. The van der Waals surface area contributed by atoms with Gasteiger partial charge in [-0.3, -0.25) is 5.10 Å². The van der Waals surface area contributed by atoms with Crippen molar-refractivity contribution in [3.8, 4) is 22.8 Å². The normalized spacial score (nSPS) is 10.3. The number of rotatable bonds is 3. The van der Waals surface area contributed by atoms with E-state index in [0.29, 0.717) is 5.82 Å². The summed E-state index contributed by atoms with van der Waals surface area (Å²) in [6.45, 7) is 1.98. The third kappa shape index (κ3) is 2.04. The molecule has 0 atom stereocenters. The van der Waals surface area contributed by atoms with Gasteiger partial charge in [-0.2, -0.15) is 5.10 Å². The van der Waals surface area contributed by atoms with Gasteiger partial charge >= 0.3 is 0 Å². The Hall–Kier alpha value is -2.17. The number of aryl methyl sites for hydroxylation is 1. The van der Waals surface area contributed by atoms with Gasteiger partial charge in [0.15, 0.2) is 0 Å². The maximum absolute atomic E-state index is 5.60. The van der Waals surface area contributed by atoms with E-state index < -0.39 is 0 Å². The number of methoxy groups -OCH3 is 2. The van der Waals surface area contributed by atoms with Crippen molar-refractivity contribution < 1.29 is 9.47 Å². The summed E-state index contributed by atoms with van der Waals surface area (Å²) < 4.78 is 10.7. The van der Waals surface area contributed by atoms with Gasteiger partial charge in [-0.25, -0.2) is 0 Å². The van der Waals surface area contributed by atoms with Crippen LogP contribution in [0.4, 0.5) is 5.82 Å². The number of nitrogens with two attached hydrogens (primary N) is 1. The number of nitrogens with one attached hydrogen (secondary N) is 1. The zero-order chi connectivity index (χ0) is 12.4. The summed E-state index contributed by atoms with van der Waals surface area (Å²) in [6.07, 6.45) is 0. The Morgan fingerprint density at radius 1 is 1.12 bits per heavy atom. The lowest BCUT2D eigenvalue weighted by Gasteiger charge is -2.12. The van der Waals surface area contributed by atoms with Crippen LogP contribution in [0.1, 0.15) is 5.56 Å². The van der Waals surface area contributed by atoms with Gasteiger partial charge in [-0.15, -0.1) is 0 Å². The van der Waals surface area contributed by atoms with Crippen molar-refractivity contribution in [1.82, 2.24) is 10.2 Å². The number of aromatic amines is 1. The number of H-pyrrole nitrogens is 1. The van der Waals surface area contributed by atoms with Crippen molar-refractivity contribution in [3.63, 3.8) is 0 Å². The Bertz CT molecular complexity index is 509. The van der Waals surface area contributed by atoms with E-state index >= 15 is 0 Å². The number of ether oxygens (including phenoxy) is 2. The van der Waals surface area contributed by atoms with Gasteiger partial charge in [0.25, 0.3) is 0 Å². The highest BCUT2D eigenvalue weighted by Gasteiger charge is 2.15. The molecule has 5 nitrogen and oxygen atoms in total. The number of nitrogen functional groups attached to an aromatic ring is 1. The predicted molar refractivity (Wildman–Crippen MR) is 66.3 cm³/mol. The van der Waals surface area contributed by atoms with Gasteiger partial charge < -0.3 is 15.2 Å². The van der Waals surface area contributed by atoms with E-state index in [1.807, 2.05) is 19.1 Å². The van der Waals surface area contributed by atoms with Crippen LogP contribution < -0.4 is 15.2 Å². The van der Waals surface area contributed by atoms with E-state index in [1.54, 1.807) is 20.3 Å². The second-order valence-corrected chi connectivity index (χ2v) is 3.75. The summed E-state index contributed by atoms with van der Waals surface area (Å²) in [7, 11) is 3.24. The average Bonchev–Trinajstić information content (AvgIpc) is 2.74. The lowest BCUT2D eigenvalue weighted by atomic mass is 10.1. The largest absolute Gasteiger partial charge is 0.496 e. The van der Waals surface area contributed by atoms with E-state index in [9.17, 15) is 0 Å². The van der Waals surface area contributed by atoms with Crippen molar-refractivity contribution in [3.05, 3.63) is 23.8 Å². The highest BCUT2D eigenvalue weighted by atomic mass is 16.5. The third-order valence-electron chi connectivity index (χ3n) is 2.52. The molecule has 2 rings (SSSR count). The van der Waals surface area contributed by atoms with E-state index in [4.69, 9.17) is 15.2 Å². The minimum absolute atomic E-state index is 0.435. The molecular formula is C12H15N3O2. The fourth-order valence-electron chi connectivity index (χ4n) is 1.77. The molecule has 0 aliphatic carbocycles. The predicted octanol–water partition coefficient (Wildman–Crippen LogP) is 1.98. The van der Waals surface area contributed by atoms with Crippen molar-refractivity contribution >= 4 is 5.82 Å². The molecule has 0 aliphatic heterocycles. The van der Waals surface area contributed by atoms with Gasteiger partial charge in [0.05, 0.1) is 25.5 Å². The van der Waals surface area contributed by atoms with Crippen molar-refractivity contribution in [1.29, 1.82) is 0 Å². The van der Waals surface area contributed by atoms with Crippen LogP contribution >= 0.6 is 0 Å². The Morgan fingerprint density at radius 2 is 1.71 bits per heavy atom. The molecule has 2 aromatic rings. The molecule has 0 radical (unpaired) electrons. The van der Waals surface area contributed by atoms with Crippen LogP contribution in [0.15, 0.2) is 18.2 Å². The number of hydrogen-bond acceptors (Lipinski definition) is 4. The number of benzene rings is 1. The second kappa shape index (κ2) is 4.37. The standard InChI is InChI=1S/C12H15N3O2/c1-7-4-9(16-2)12(10(5-7)17-3)8-6-11(13)15-14-8/h4-6H,1-3H3,(H3,13,14,15). The molecule has 1 aromatic carbocycles. The fraction of sp³-hybridized carbons (Fsp3) is 0.250. The summed E-state index contributed by atoms with van der Waals surface area (Å²) in [5.74, 6) is 1.89. The highest BCUT2D eigenvalue weighted by molar-refractivity contribution is 5.76. The molecule has 1 aromatic heterocycles. The van der Waals surface area contributed by atoms with Crippen LogP contribution in [0, 0.1) is 6.92 Å². The number of anilines is 1. The summed E-state index contributed by atoms with van der Waals surface area (Å²) in [5.41, 5.74) is 8.27. The number of hydrogen-bond donors (Lipinski definition) is 2. The monoisotopic (exact) mass is 233 g/mol. The van der Waals surface area contributed by atoms with Gasteiger partial charge in [-0.05, 0) is 24.6 Å². The van der Waals surface area contributed by atoms with Crippen LogP contribution in [0.5, 0.6) is 11.5 Å². The van der Waals surface area contributed by atoms with E-state index in [2.05, 4.69) is 10.2 Å². The topological polar surface area (TPSA) is 73.2 Å². The Balaban J connectivity index is 2.65. The highest BCUT2D eigenvalue weighted by Crippen LogP contribution is 2.38. The quantitative estimate of drug-likeness (QED) is 0.850. The molecule has 3 N–H and O–H groups in total. The third-order valence-corrected chi connectivity index (χ3v) is 2.52. The van der Waals surface area contributed by atoms with Gasteiger partial charge in [0.2, 0.25) is 0 Å². The number of aromatic nitrogens is 2. The van der Waals surface area contributed by atoms with Gasteiger partial charge in [0, 0.05) is 6.07 Å². The molecule has 0 saturated carbocycles. The first-order valence-electron chi connectivity index (χ1n) is 5.19. The zero-order valence-corrected chi connectivity index (χ0v) is 10.1. The average molecular weight is 233 g/mol. The Morgan fingerprint density at radius 3 is 2.12 bits per heavy atom. The first kappa shape index (κ1) is 11.3. The number of nitrogens with zero attached hydrogens (tertiary/aromatic N) is 1. The lowest BCUT2D eigenvalue weighted by Crippen LogP contribution is -1.94. The van der Waals surface area contributed by atoms with Crippen LogP contribution in [0.2, 0.25) is 0 Å². The van der Waals surface area contributed by atoms with Crippen molar-refractivity contribution in [2.24, 2.45) is 0 Å². The fourth-order valence-corrected chi connectivity index (χ4v) is 1.77. The minimum atomic E-state index is 0.435. The van der Waals surface area contributed by atoms with Crippen LogP contribution in [0.3, 0.4) is 0 Å². The lowest BCUT2D eigenvalue weighted by molar-refractivity contribution is 0.396. The van der Waals surface area contributed by atoms with Crippen LogP contribution in [0.25, 0.3) is 11.3 Å². The molecule has 0 aliphatic rings.